The number of likely N-dealkylation sites (tertiary alicyclic amines) is 1. The number of nitrogens with two attached hydrogens (primary N) is 1. The molecule has 1 heterocycles. The van der Waals surface area contributed by atoms with E-state index in [0.717, 1.165) is 36.4 Å². The van der Waals surface area contributed by atoms with E-state index in [2.05, 4.69) is 0 Å². The van der Waals surface area contributed by atoms with Crippen LogP contribution >= 0.6 is 0 Å². The number of hydrogen-bond donors (Lipinski definition) is 1. The first-order valence-corrected chi connectivity index (χ1v) is 8.62. The number of rotatable bonds is 5. The maximum Gasteiger partial charge on any atom is 0.254 e. The Morgan fingerprint density at radius 1 is 1.20 bits per heavy atom. The van der Waals surface area contributed by atoms with Crippen LogP contribution in [0.15, 0.2) is 54.6 Å². The number of hydrogen-bond acceptors (Lipinski definition) is 3. The molecule has 1 amide bonds. The van der Waals surface area contributed by atoms with Crippen LogP contribution in [0.3, 0.4) is 0 Å². The summed E-state index contributed by atoms with van der Waals surface area (Å²) < 4.78 is 5.44. The Bertz CT molecular complexity index is 756. The van der Waals surface area contributed by atoms with Gasteiger partial charge in [0, 0.05) is 24.2 Å². The highest BCUT2D eigenvalue weighted by atomic mass is 16.5. The summed E-state index contributed by atoms with van der Waals surface area (Å²) in [7, 11) is 1.64. The van der Waals surface area contributed by atoms with Gasteiger partial charge >= 0.3 is 0 Å². The van der Waals surface area contributed by atoms with Crippen LogP contribution in [0.5, 0.6) is 5.75 Å². The standard InChI is InChI=1S/C21H24N2O2/c1-25-20-10-6-5-9-18(20)13-19(17-7-3-2-4-8-17)21(24)23-12-11-16(14-22)15-23/h2-10,13,16H,11-12,14-15,22H2,1H3. The predicted octanol–water partition coefficient (Wildman–Crippen LogP) is 3.04. The molecule has 130 valence electrons. The normalized spacial score (nSPS) is 17.6. The van der Waals surface area contributed by atoms with E-state index >= 15 is 0 Å². The molecule has 1 saturated heterocycles. The van der Waals surface area contributed by atoms with Crippen molar-refractivity contribution in [3.8, 4) is 5.75 Å². The van der Waals surface area contributed by atoms with Crippen molar-refractivity contribution in [1.82, 2.24) is 4.90 Å². The largest absolute Gasteiger partial charge is 0.496 e. The molecular weight excluding hydrogens is 312 g/mol. The lowest BCUT2D eigenvalue weighted by atomic mass is 10.0. The van der Waals surface area contributed by atoms with Crippen molar-refractivity contribution in [2.24, 2.45) is 11.7 Å². The van der Waals surface area contributed by atoms with E-state index in [1.807, 2.05) is 65.6 Å². The highest BCUT2D eigenvalue weighted by Crippen LogP contribution is 2.27. The van der Waals surface area contributed by atoms with Gasteiger partial charge in [0.25, 0.3) is 5.91 Å². The van der Waals surface area contributed by atoms with Crippen LogP contribution in [0.2, 0.25) is 0 Å². The van der Waals surface area contributed by atoms with Crippen LogP contribution in [-0.2, 0) is 4.79 Å². The van der Waals surface area contributed by atoms with Crippen LogP contribution < -0.4 is 10.5 Å². The molecule has 25 heavy (non-hydrogen) atoms. The van der Waals surface area contributed by atoms with Gasteiger partial charge in [0.2, 0.25) is 0 Å². The lowest BCUT2D eigenvalue weighted by molar-refractivity contribution is -0.124. The fraction of sp³-hybridized carbons (Fsp3) is 0.286. The number of carbonyl (C=O) groups is 1. The van der Waals surface area contributed by atoms with Gasteiger partial charge in [-0.05, 0) is 36.6 Å². The van der Waals surface area contributed by atoms with E-state index in [1.54, 1.807) is 7.11 Å². The minimum atomic E-state index is 0.0491. The van der Waals surface area contributed by atoms with Crippen LogP contribution in [0.1, 0.15) is 17.5 Å². The Morgan fingerprint density at radius 3 is 2.60 bits per heavy atom. The first-order chi connectivity index (χ1) is 12.2. The van der Waals surface area contributed by atoms with Gasteiger partial charge in [0.05, 0.1) is 7.11 Å². The molecule has 1 aliphatic rings. The molecule has 0 aliphatic carbocycles. The molecule has 1 unspecified atom stereocenters. The third kappa shape index (κ3) is 3.91. The van der Waals surface area contributed by atoms with Crippen molar-refractivity contribution in [2.45, 2.75) is 6.42 Å². The van der Waals surface area contributed by atoms with E-state index in [9.17, 15) is 4.79 Å². The van der Waals surface area contributed by atoms with Crippen LogP contribution in [-0.4, -0.2) is 37.6 Å². The summed E-state index contributed by atoms with van der Waals surface area (Å²) in [5.74, 6) is 1.20. The average Bonchev–Trinajstić information content (AvgIpc) is 3.16. The maximum atomic E-state index is 13.2. The number of amides is 1. The van der Waals surface area contributed by atoms with E-state index in [0.29, 0.717) is 18.0 Å². The molecule has 4 heteroatoms. The molecule has 2 aromatic carbocycles. The number of carbonyl (C=O) groups excluding carboxylic acids is 1. The average molecular weight is 336 g/mol. The minimum Gasteiger partial charge on any atom is -0.496 e. The van der Waals surface area contributed by atoms with Crippen molar-refractivity contribution in [3.63, 3.8) is 0 Å². The van der Waals surface area contributed by atoms with Gasteiger partial charge in [0.1, 0.15) is 5.75 Å². The van der Waals surface area contributed by atoms with Gasteiger partial charge in [-0.2, -0.15) is 0 Å². The highest BCUT2D eigenvalue weighted by molar-refractivity contribution is 6.24. The van der Waals surface area contributed by atoms with E-state index in [4.69, 9.17) is 10.5 Å². The molecule has 0 spiro atoms. The zero-order chi connectivity index (χ0) is 17.6. The number of ether oxygens (including phenoxy) is 1. The summed E-state index contributed by atoms with van der Waals surface area (Å²) in [6, 6.07) is 17.5. The van der Waals surface area contributed by atoms with E-state index in [-0.39, 0.29) is 5.91 Å². The lowest BCUT2D eigenvalue weighted by Crippen LogP contribution is -2.30. The Kier molecular flexibility index (Phi) is 5.51. The van der Waals surface area contributed by atoms with Gasteiger partial charge in [-0.25, -0.2) is 0 Å². The number of methoxy groups -OCH3 is 1. The second kappa shape index (κ2) is 7.99. The van der Waals surface area contributed by atoms with Crippen molar-refractivity contribution in [2.75, 3.05) is 26.7 Å². The van der Waals surface area contributed by atoms with Gasteiger partial charge in [0.15, 0.2) is 0 Å². The van der Waals surface area contributed by atoms with Crippen molar-refractivity contribution >= 4 is 17.6 Å². The summed E-state index contributed by atoms with van der Waals surface area (Å²) in [4.78, 5) is 15.1. The Labute approximate surface area is 148 Å². The molecular formula is C21H24N2O2. The Balaban J connectivity index is 1.99. The summed E-state index contributed by atoms with van der Waals surface area (Å²) in [6.45, 7) is 2.11. The second-order valence-electron chi connectivity index (χ2n) is 6.31. The Morgan fingerprint density at radius 2 is 1.92 bits per heavy atom. The van der Waals surface area contributed by atoms with Crippen molar-refractivity contribution in [3.05, 3.63) is 65.7 Å². The van der Waals surface area contributed by atoms with Crippen molar-refractivity contribution in [1.29, 1.82) is 0 Å². The van der Waals surface area contributed by atoms with Gasteiger partial charge in [-0.3, -0.25) is 4.79 Å². The summed E-state index contributed by atoms with van der Waals surface area (Å²) >= 11 is 0. The van der Waals surface area contributed by atoms with E-state index < -0.39 is 0 Å². The molecule has 2 aromatic rings. The molecule has 0 radical (unpaired) electrons. The monoisotopic (exact) mass is 336 g/mol. The molecule has 0 bridgehead atoms. The molecule has 4 nitrogen and oxygen atoms in total. The molecule has 1 atom stereocenters. The fourth-order valence-corrected chi connectivity index (χ4v) is 3.21. The molecule has 2 N–H and O–H groups in total. The number of nitrogens with zero attached hydrogens (tertiary/aromatic N) is 1. The Hall–Kier alpha value is -2.59. The first-order valence-electron chi connectivity index (χ1n) is 8.62. The number of para-hydroxylation sites is 1. The van der Waals surface area contributed by atoms with Gasteiger partial charge in [-0.1, -0.05) is 48.5 Å². The predicted molar refractivity (Wildman–Crippen MR) is 101 cm³/mol. The first kappa shape index (κ1) is 17.2. The molecule has 1 fully saturated rings. The fourth-order valence-electron chi connectivity index (χ4n) is 3.21. The zero-order valence-corrected chi connectivity index (χ0v) is 14.5. The number of benzene rings is 2. The summed E-state index contributed by atoms with van der Waals surface area (Å²) in [5, 5.41) is 0. The minimum absolute atomic E-state index is 0.0491. The van der Waals surface area contributed by atoms with Crippen molar-refractivity contribution < 1.29 is 9.53 Å². The summed E-state index contributed by atoms with van der Waals surface area (Å²) in [6.07, 6.45) is 2.89. The second-order valence-corrected chi connectivity index (χ2v) is 6.31. The molecule has 3 rings (SSSR count). The third-order valence-corrected chi connectivity index (χ3v) is 4.66. The van der Waals surface area contributed by atoms with Gasteiger partial charge in [-0.15, -0.1) is 0 Å². The molecule has 0 saturated carbocycles. The van der Waals surface area contributed by atoms with Gasteiger partial charge < -0.3 is 15.4 Å². The summed E-state index contributed by atoms with van der Waals surface area (Å²) in [5.41, 5.74) is 8.27. The highest BCUT2D eigenvalue weighted by Gasteiger charge is 2.27. The zero-order valence-electron chi connectivity index (χ0n) is 14.5. The lowest BCUT2D eigenvalue weighted by Gasteiger charge is -2.19. The SMILES string of the molecule is COc1ccccc1C=C(C(=O)N1CCC(CN)C1)c1ccccc1. The topological polar surface area (TPSA) is 55.6 Å². The third-order valence-electron chi connectivity index (χ3n) is 4.66. The quantitative estimate of drug-likeness (QED) is 0.674. The van der Waals surface area contributed by atoms with E-state index in [1.165, 1.54) is 0 Å². The molecule has 0 aromatic heterocycles. The van der Waals surface area contributed by atoms with Crippen LogP contribution in [0.25, 0.3) is 11.6 Å². The smallest absolute Gasteiger partial charge is 0.254 e. The molecule has 1 aliphatic heterocycles. The van der Waals surface area contributed by atoms with Crippen LogP contribution in [0, 0.1) is 5.92 Å². The maximum absolute atomic E-state index is 13.2. The van der Waals surface area contributed by atoms with Crippen LogP contribution in [0.4, 0.5) is 0 Å².